The Morgan fingerprint density at radius 2 is 2.09 bits per heavy atom. The van der Waals surface area contributed by atoms with Gasteiger partial charge in [-0.3, -0.25) is 9.36 Å². The molecule has 5 heterocycles. The van der Waals surface area contributed by atoms with Crippen molar-refractivity contribution in [2.45, 2.75) is 6.54 Å². The number of pyridine rings is 3. The molecule has 0 fully saturated rings. The predicted molar refractivity (Wildman–Crippen MR) is 119 cm³/mol. The summed E-state index contributed by atoms with van der Waals surface area (Å²) in [6.45, 7) is 0.101. The highest BCUT2D eigenvalue weighted by Crippen LogP contribution is 2.30. The molecule has 0 spiro atoms. The van der Waals surface area contributed by atoms with E-state index in [0.29, 0.717) is 27.4 Å². The van der Waals surface area contributed by atoms with E-state index in [2.05, 4.69) is 9.97 Å². The lowest BCUT2D eigenvalue weighted by Crippen LogP contribution is -2.23. The molecule has 0 radical (unpaired) electrons. The van der Waals surface area contributed by atoms with Crippen LogP contribution in [0.15, 0.2) is 59.1 Å². The van der Waals surface area contributed by atoms with Gasteiger partial charge in [0.05, 0.1) is 35.8 Å². The number of carbonyl (C=O) groups is 1. The second-order valence-electron chi connectivity index (χ2n) is 7.01. The predicted octanol–water partition coefficient (Wildman–Crippen LogP) is 3.23. The van der Waals surface area contributed by atoms with Gasteiger partial charge in [0.1, 0.15) is 11.2 Å². The SMILES string of the molecule is COc1cc(-c2cccn3c(Cn4c(=O)c(O)c(C(=O)O)c5sccc54)cnc23)ccn1. The van der Waals surface area contributed by atoms with Crippen LogP contribution in [-0.4, -0.2) is 42.2 Å². The van der Waals surface area contributed by atoms with E-state index < -0.39 is 17.3 Å². The molecule has 0 aliphatic heterocycles. The molecule has 0 unspecified atom stereocenters. The van der Waals surface area contributed by atoms with E-state index >= 15 is 0 Å². The van der Waals surface area contributed by atoms with Crippen LogP contribution >= 0.6 is 11.3 Å². The van der Waals surface area contributed by atoms with Crippen molar-refractivity contribution >= 4 is 33.2 Å². The minimum Gasteiger partial charge on any atom is -0.502 e. The first-order chi connectivity index (χ1) is 15.5. The second-order valence-corrected chi connectivity index (χ2v) is 7.92. The van der Waals surface area contributed by atoms with Crippen molar-refractivity contribution in [3.05, 3.63) is 75.9 Å². The van der Waals surface area contributed by atoms with Crippen LogP contribution in [0, 0.1) is 0 Å². The summed E-state index contributed by atoms with van der Waals surface area (Å²) in [5.74, 6) is -1.63. The minimum atomic E-state index is -1.34. The van der Waals surface area contributed by atoms with Crippen molar-refractivity contribution in [2.75, 3.05) is 7.11 Å². The molecule has 0 saturated heterocycles. The summed E-state index contributed by atoms with van der Waals surface area (Å²) in [7, 11) is 1.55. The average Bonchev–Trinajstić information content (AvgIpc) is 3.44. The smallest absolute Gasteiger partial charge is 0.341 e. The van der Waals surface area contributed by atoms with Gasteiger partial charge in [0.15, 0.2) is 5.75 Å². The van der Waals surface area contributed by atoms with Crippen LogP contribution in [0.4, 0.5) is 0 Å². The summed E-state index contributed by atoms with van der Waals surface area (Å²) < 4.78 is 8.77. The Hall–Kier alpha value is -4.18. The molecule has 32 heavy (non-hydrogen) atoms. The maximum absolute atomic E-state index is 12.8. The quantitative estimate of drug-likeness (QED) is 0.424. The Bertz CT molecular complexity index is 1570. The summed E-state index contributed by atoms with van der Waals surface area (Å²) in [5, 5.41) is 21.4. The monoisotopic (exact) mass is 448 g/mol. The molecule has 0 bridgehead atoms. The molecule has 2 N–H and O–H groups in total. The third-order valence-corrected chi connectivity index (χ3v) is 6.17. The topological polar surface area (TPSA) is 119 Å². The highest BCUT2D eigenvalue weighted by Gasteiger charge is 2.23. The molecule has 0 amide bonds. The number of imidazole rings is 1. The molecule has 0 aliphatic rings. The third kappa shape index (κ3) is 3.00. The van der Waals surface area contributed by atoms with Crippen LogP contribution in [0.25, 0.3) is 27.0 Å². The maximum Gasteiger partial charge on any atom is 0.341 e. The fourth-order valence-corrected chi connectivity index (χ4v) is 4.70. The van der Waals surface area contributed by atoms with Gasteiger partial charge in [0.25, 0.3) is 5.56 Å². The molecule has 10 heteroatoms. The van der Waals surface area contributed by atoms with E-state index in [4.69, 9.17) is 4.74 Å². The molecule has 0 aliphatic carbocycles. The largest absolute Gasteiger partial charge is 0.502 e. The van der Waals surface area contributed by atoms with E-state index in [9.17, 15) is 19.8 Å². The van der Waals surface area contributed by atoms with E-state index in [-0.39, 0.29) is 12.1 Å². The first kappa shape index (κ1) is 19.8. The molecule has 0 aromatic carbocycles. The number of nitrogens with zero attached hydrogens (tertiary/aromatic N) is 4. The van der Waals surface area contributed by atoms with Crippen molar-refractivity contribution in [1.82, 2.24) is 18.9 Å². The van der Waals surface area contributed by atoms with Crippen LogP contribution in [0.1, 0.15) is 16.1 Å². The highest BCUT2D eigenvalue weighted by molar-refractivity contribution is 7.17. The molecule has 5 rings (SSSR count). The minimum absolute atomic E-state index is 0.101. The van der Waals surface area contributed by atoms with Crippen LogP contribution in [0.5, 0.6) is 11.6 Å². The normalized spacial score (nSPS) is 11.3. The van der Waals surface area contributed by atoms with Gasteiger partial charge < -0.3 is 19.4 Å². The Kier molecular flexibility index (Phi) is 4.63. The Balaban J connectivity index is 1.65. The van der Waals surface area contributed by atoms with Crippen molar-refractivity contribution in [2.24, 2.45) is 0 Å². The summed E-state index contributed by atoms with van der Waals surface area (Å²) in [4.78, 5) is 33.1. The highest BCUT2D eigenvalue weighted by atomic mass is 32.1. The lowest BCUT2D eigenvalue weighted by atomic mass is 10.1. The summed E-state index contributed by atoms with van der Waals surface area (Å²) in [6.07, 6.45) is 5.14. The lowest BCUT2D eigenvalue weighted by molar-refractivity contribution is 0.0695. The molecule has 5 aromatic rings. The van der Waals surface area contributed by atoms with Crippen molar-refractivity contribution < 1.29 is 19.7 Å². The van der Waals surface area contributed by atoms with Gasteiger partial charge in [0.2, 0.25) is 5.88 Å². The van der Waals surface area contributed by atoms with Gasteiger partial charge in [-0.25, -0.2) is 14.8 Å². The number of aromatic carboxylic acids is 1. The number of rotatable bonds is 5. The number of ether oxygens (including phenoxy) is 1. The zero-order chi connectivity index (χ0) is 22.4. The van der Waals surface area contributed by atoms with Gasteiger partial charge in [0, 0.05) is 24.0 Å². The van der Waals surface area contributed by atoms with E-state index in [1.165, 1.54) is 4.57 Å². The average molecular weight is 448 g/mol. The van der Waals surface area contributed by atoms with Gasteiger partial charge >= 0.3 is 5.97 Å². The van der Waals surface area contributed by atoms with Gasteiger partial charge in [-0.15, -0.1) is 11.3 Å². The van der Waals surface area contributed by atoms with Gasteiger partial charge in [-0.1, -0.05) is 0 Å². The molecular formula is C22H16N4O5S. The van der Waals surface area contributed by atoms with E-state index in [1.807, 2.05) is 34.9 Å². The number of carboxylic acids is 1. The van der Waals surface area contributed by atoms with E-state index in [1.54, 1.807) is 30.9 Å². The number of fused-ring (bicyclic) bond motifs is 2. The van der Waals surface area contributed by atoms with Crippen molar-refractivity contribution in [1.29, 1.82) is 0 Å². The lowest BCUT2D eigenvalue weighted by Gasteiger charge is -2.11. The summed E-state index contributed by atoms with van der Waals surface area (Å²) in [5.41, 5.74) is 2.41. The fourth-order valence-electron chi connectivity index (χ4n) is 3.76. The van der Waals surface area contributed by atoms with Gasteiger partial charge in [-0.05, 0) is 35.2 Å². The zero-order valence-corrected chi connectivity index (χ0v) is 17.5. The molecule has 0 saturated carbocycles. The van der Waals surface area contributed by atoms with Crippen molar-refractivity contribution in [3.8, 4) is 22.8 Å². The third-order valence-electron chi connectivity index (χ3n) is 5.25. The standard InChI is InChI=1S/C22H16N4O5S/c1-31-16-9-12(4-6-23-16)14-3-2-7-25-13(10-24-20(14)25)11-26-15-5-8-32-19(15)17(22(29)30)18(27)21(26)28/h2-10,27H,11H2,1H3,(H,29,30). The Labute approximate surface area is 184 Å². The Morgan fingerprint density at radius 1 is 1.25 bits per heavy atom. The first-order valence-electron chi connectivity index (χ1n) is 9.51. The zero-order valence-electron chi connectivity index (χ0n) is 16.7. The number of carboxylic acid groups (broad SMARTS) is 1. The number of thiophene rings is 1. The van der Waals surface area contributed by atoms with E-state index in [0.717, 1.165) is 22.5 Å². The number of methoxy groups -OCH3 is 1. The molecule has 9 nitrogen and oxygen atoms in total. The Morgan fingerprint density at radius 3 is 2.88 bits per heavy atom. The number of hydrogen-bond donors (Lipinski definition) is 2. The molecule has 0 atom stereocenters. The van der Waals surface area contributed by atoms with Crippen LogP contribution in [0.2, 0.25) is 0 Å². The van der Waals surface area contributed by atoms with Crippen LogP contribution in [-0.2, 0) is 6.54 Å². The summed E-state index contributed by atoms with van der Waals surface area (Å²) >= 11 is 1.16. The fraction of sp³-hybridized carbons (Fsp3) is 0.0909. The molecule has 160 valence electrons. The maximum atomic E-state index is 12.8. The second kappa shape index (κ2) is 7.50. The number of hydrogen-bond acceptors (Lipinski definition) is 7. The van der Waals surface area contributed by atoms with Crippen molar-refractivity contribution in [3.63, 3.8) is 0 Å². The summed E-state index contributed by atoms with van der Waals surface area (Å²) in [6, 6.07) is 9.14. The van der Waals surface area contributed by atoms with Crippen LogP contribution in [0.3, 0.4) is 0 Å². The molecular weight excluding hydrogens is 432 g/mol. The first-order valence-corrected chi connectivity index (χ1v) is 10.4. The molecule has 5 aromatic heterocycles. The van der Waals surface area contributed by atoms with Crippen LogP contribution < -0.4 is 10.3 Å². The number of aromatic nitrogens is 4. The number of aromatic hydroxyl groups is 1. The van der Waals surface area contributed by atoms with Gasteiger partial charge in [-0.2, -0.15) is 0 Å².